The molecule has 2 aromatic heterocycles. The van der Waals surface area contributed by atoms with Crippen molar-refractivity contribution in [2.24, 2.45) is 0 Å². The fourth-order valence-electron chi connectivity index (χ4n) is 3.64. The first-order chi connectivity index (χ1) is 12.7. The minimum atomic E-state index is 0.128. The molecule has 8 heteroatoms. The molecule has 4 rings (SSSR count). The number of hydrogen-bond donors (Lipinski definition) is 0. The molecule has 3 aromatic rings. The molecule has 26 heavy (non-hydrogen) atoms. The van der Waals surface area contributed by atoms with Gasteiger partial charge in [0.1, 0.15) is 6.33 Å². The van der Waals surface area contributed by atoms with Crippen LogP contribution in [0.4, 0.5) is 5.82 Å². The van der Waals surface area contributed by atoms with Crippen molar-refractivity contribution in [2.75, 3.05) is 25.7 Å². The zero-order valence-electron chi connectivity index (χ0n) is 15.4. The van der Waals surface area contributed by atoms with Gasteiger partial charge in [-0.15, -0.1) is 5.10 Å². The summed E-state index contributed by atoms with van der Waals surface area (Å²) in [6, 6.07) is 4.26. The van der Waals surface area contributed by atoms with Gasteiger partial charge in [-0.1, -0.05) is 5.21 Å². The van der Waals surface area contributed by atoms with Crippen LogP contribution in [0, 0.1) is 0 Å². The van der Waals surface area contributed by atoms with Crippen molar-refractivity contribution < 1.29 is 9.47 Å². The summed E-state index contributed by atoms with van der Waals surface area (Å²) in [6.45, 7) is 5.76. The quantitative estimate of drug-likeness (QED) is 0.712. The summed E-state index contributed by atoms with van der Waals surface area (Å²) in [7, 11) is 3.32. The molecule has 1 aliphatic heterocycles. The van der Waals surface area contributed by atoms with E-state index < -0.39 is 0 Å². The molecule has 0 saturated carbocycles. The maximum absolute atomic E-state index is 5.48. The molecule has 0 radical (unpaired) electrons. The number of fused-ring (bicyclic) bond motifs is 2. The van der Waals surface area contributed by atoms with E-state index in [2.05, 4.69) is 44.2 Å². The third-order valence-corrected chi connectivity index (χ3v) is 5.04. The molecule has 0 bridgehead atoms. The Morgan fingerprint density at radius 3 is 2.65 bits per heavy atom. The Bertz CT molecular complexity index is 954. The monoisotopic (exact) mass is 354 g/mol. The van der Waals surface area contributed by atoms with E-state index in [1.165, 1.54) is 11.1 Å². The van der Waals surface area contributed by atoms with Gasteiger partial charge in [0.05, 0.1) is 20.3 Å². The molecule has 0 N–H and O–H groups in total. The lowest BCUT2D eigenvalue weighted by Gasteiger charge is -2.36. The molecule has 0 unspecified atom stereocenters. The summed E-state index contributed by atoms with van der Waals surface area (Å²) in [6.07, 6.45) is 2.48. The highest BCUT2D eigenvalue weighted by molar-refractivity contribution is 5.83. The molecule has 1 aromatic carbocycles. The fourth-order valence-corrected chi connectivity index (χ4v) is 3.64. The standard InChI is InChI=1S/C18H22N6O2/c1-5-24-18-16(21-22-24)17(19-10-20-18)23-7-6-12-8-14(25-3)15(26-4)9-13(12)11(23)2/h8-11H,5-7H2,1-4H3/t11-/m0/s1. The van der Waals surface area contributed by atoms with Crippen molar-refractivity contribution in [1.82, 2.24) is 25.0 Å². The van der Waals surface area contributed by atoms with E-state index in [1.807, 2.05) is 6.92 Å². The number of aromatic nitrogens is 5. The van der Waals surface area contributed by atoms with E-state index in [1.54, 1.807) is 25.2 Å². The molecule has 0 spiro atoms. The van der Waals surface area contributed by atoms with Crippen LogP contribution < -0.4 is 14.4 Å². The second kappa shape index (κ2) is 6.44. The molecule has 0 amide bonds. The second-order valence-electron chi connectivity index (χ2n) is 6.30. The predicted molar refractivity (Wildman–Crippen MR) is 97.8 cm³/mol. The third kappa shape index (κ3) is 2.44. The van der Waals surface area contributed by atoms with Gasteiger partial charge in [-0.2, -0.15) is 0 Å². The number of nitrogens with zero attached hydrogens (tertiary/aromatic N) is 6. The highest BCUT2D eigenvalue weighted by Gasteiger charge is 2.29. The molecule has 8 nitrogen and oxygen atoms in total. The molecular formula is C18H22N6O2. The van der Waals surface area contributed by atoms with Crippen LogP contribution in [-0.2, 0) is 13.0 Å². The van der Waals surface area contributed by atoms with E-state index >= 15 is 0 Å². The van der Waals surface area contributed by atoms with Crippen molar-refractivity contribution in [2.45, 2.75) is 32.9 Å². The van der Waals surface area contributed by atoms with Crippen molar-refractivity contribution in [3.8, 4) is 11.5 Å². The summed E-state index contributed by atoms with van der Waals surface area (Å²) in [5.41, 5.74) is 3.99. The predicted octanol–water partition coefficient (Wildman–Crippen LogP) is 2.38. The van der Waals surface area contributed by atoms with Crippen LogP contribution in [0.5, 0.6) is 11.5 Å². The van der Waals surface area contributed by atoms with Crippen LogP contribution in [-0.4, -0.2) is 45.7 Å². The molecular weight excluding hydrogens is 332 g/mol. The average molecular weight is 354 g/mol. The number of aryl methyl sites for hydroxylation is 1. The molecule has 136 valence electrons. The Morgan fingerprint density at radius 1 is 1.15 bits per heavy atom. The van der Waals surface area contributed by atoms with Gasteiger partial charge >= 0.3 is 0 Å². The second-order valence-corrected chi connectivity index (χ2v) is 6.30. The minimum absolute atomic E-state index is 0.128. The maximum Gasteiger partial charge on any atom is 0.183 e. The van der Waals surface area contributed by atoms with E-state index in [0.29, 0.717) is 0 Å². The summed E-state index contributed by atoms with van der Waals surface area (Å²) < 4.78 is 12.7. The van der Waals surface area contributed by atoms with Gasteiger partial charge in [0.25, 0.3) is 0 Å². The van der Waals surface area contributed by atoms with Crippen LogP contribution in [0.25, 0.3) is 11.2 Å². The number of anilines is 1. The molecule has 3 heterocycles. The Labute approximate surface area is 151 Å². The normalized spacial score (nSPS) is 16.6. The van der Waals surface area contributed by atoms with Crippen molar-refractivity contribution in [3.05, 3.63) is 29.6 Å². The van der Waals surface area contributed by atoms with Gasteiger partial charge in [-0.05, 0) is 43.5 Å². The Balaban J connectivity index is 1.78. The SMILES string of the molecule is CCn1nnc2c(N3CCc4cc(OC)c(OC)cc4[C@@H]3C)ncnc21. The van der Waals surface area contributed by atoms with Gasteiger partial charge in [-0.25, -0.2) is 14.6 Å². The largest absolute Gasteiger partial charge is 0.493 e. The summed E-state index contributed by atoms with van der Waals surface area (Å²) in [4.78, 5) is 11.1. The van der Waals surface area contributed by atoms with E-state index in [4.69, 9.17) is 9.47 Å². The van der Waals surface area contributed by atoms with Gasteiger partial charge < -0.3 is 14.4 Å². The first-order valence-electron chi connectivity index (χ1n) is 8.73. The Morgan fingerprint density at radius 2 is 1.92 bits per heavy atom. The van der Waals surface area contributed by atoms with Gasteiger partial charge in [-0.3, -0.25) is 0 Å². The number of ether oxygens (including phenoxy) is 2. The lowest BCUT2D eigenvalue weighted by atomic mass is 9.92. The first-order valence-corrected chi connectivity index (χ1v) is 8.73. The highest BCUT2D eigenvalue weighted by atomic mass is 16.5. The lowest BCUT2D eigenvalue weighted by Crippen LogP contribution is -2.34. The number of hydrogen-bond acceptors (Lipinski definition) is 7. The van der Waals surface area contributed by atoms with E-state index in [0.717, 1.165) is 48.0 Å². The molecule has 0 fully saturated rings. The number of methoxy groups -OCH3 is 2. The Kier molecular flexibility index (Phi) is 4.10. The van der Waals surface area contributed by atoms with E-state index in [9.17, 15) is 0 Å². The van der Waals surface area contributed by atoms with Crippen molar-refractivity contribution in [3.63, 3.8) is 0 Å². The fraction of sp³-hybridized carbons (Fsp3) is 0.444. The van der Waals surface area contributed by atoms with Crippen molar-refractivity contribution in [1.29, 1.82) is 0 Å². The summed E-state index contributed by atoms with van der Waals surface area (Å²) in [5.74, 6) is 2.33. The molecule has 0 aliphatic carbocycles. The smallest absolute Gasteiger partial charge is 0.183 e. The average Bonchev–Trinajstić information content (AvgIpc) is 3.11. The summed E-state index contributed by atoms with van der Waals surface area (Å²) >= 11 is 0. The van der Waals surface area contributed by atoms with Crippen LogP contribution in [0.1, 0.15) is 31.0 Å². The topological polar surface area (TPSA) is 78.2 Å². The summed E-state index contributed by atoms with van der Waals surface area (Å²) in [5, 5.41) is 8.51. The Hall–Kier alpha value is -2.90. The van der Waals surface area contributed by atoms with E-state index in [-0.39, 0.29) is 6.04 Å². The van der Waals surface area contributed by atoms with Crippen LogP contribution in [0.2, 0.25) is 0 Å². The molecule has 1 aliphatic rings. The molecule has 1 atom stereocenters. The third-order valence-electron chi connectivity index (χ3n) is 5.04. The zero-order valence-corrected chi connectivity index (χ0v) is 15.4. The van der Waals surface area contributed by atoms with Crippen LogP contribution in [0.15, 0.2) is 18.5 Å². The molecule has 0 saturated heterocycles. The van der Waals surface area contributed by atoms with Crippen LogP contribution >= 0.6 is 0 Å². The van der Waals surface area contributed by atoms with Crippen LogP contribution in [0.3, 0.4) is 0 Å². The lowest BCUT2D eigenvalue weighted by molar-refractivity contribution is 0.353. The highest BCUT2D eigenvalue weighted by Crippen LogP contribution is 2.40. The van der Waals surface area contributed by atoms with Gasteiger partial charge in [0.15, 0.2) is 28.5 Å². The first kappa shape index (κ1) is 16.6. The van der Waals surface area contributed by atoms with Gasteiger partial charge in [0, 0.05) is 13.1 Å². The maximum atomic E-state index is 5.48. The number of benzene rings is 1. The zero-order chi connectivity index (χ0) is 18.3. The minimum Gasteiger partial charge on any atom is -0.493 e. The van der Waals surface area contributed by atoms with Crippen molar-refractivity contribution >= 4 is 17.0 Å². The number of rotatable bonds is 4. The van der Waals surface area contributed by atoms with Gasteiger partial charge in [0.2, 0.25) is 0 Å².